The van der Waals surface area contributed by atoms with Crippen LogP contribution in [0.4, 0.5) is 0 Å². The number of rotatable bonds is 7. The van der Waals surface area contributed by atoms with E-state index in [0.29, 0.717) is 6.54 Å². The lowest BCUT2D eigenvalue weighted by Crippen LogP contribution is -2.27. The van der Waals surface area contributed by atoms with Crippen LogP contribution in [-0.4, -0.2) is 35.6 Å². The second-order valence-corrected chi connectivity index (χ2v) is 3.81. The summed E-state index contributed by atoms with van der Waals surface area (Å²) in [5.41, 5.74) is 0. The first-order valence-electron chi connectivity index (χ1n) is 5.16. The van der Waals surface area contributed by atoms with Crippen LogP contribution < -0.4 is 0 Å². The molecule has 1 fully saturated rings. The van der Waals surface area contributed by atoms with Crippen LogP contribution in [0.5, 0.6) is 0 Å². The maximum Gasteiger partial charge on any atom is 0.304 e. The van der Waals surface area contributed by atoms with Crippen molar-refractivity contribution in [3.05, 3.63) is 0 Å². The highest BCUT2D eigenvalue weighted by atomic mass is 16.4. The van der Waals surface area contributed by atoms with Crippen molar-refractivity contribution in [2.45, 2.75) is 32.6 Å². The highest BCUT2D eigenvalue weighted by Crippen LogP contribution is 2.32. The van der Waals surface area contributed by atoms with Gasteiger partial charge in [-0.05, 0) is 25.4 Å². The highest BCUT2D eigenvalue weighted by Gasteiger charge is 2.21. The summed E-state index contributed by atoms with van der Waals surface area (Å²) >= 11 is 0. The summed E-state index contributed by atoms with van der Waals surface area (Å²) < 4.78 is 0. The van der Waals surface area contributed by atoms with Crippen molar-refractivity contribution in [1.82, 2.24) is 4.90 Å². The van der Waals surface area contributed by atoms with Gasteiger partial charge in [-0.1, -0.05) is 19.8 Å². The molecule has 76 valence electrons. The number of nitrogens with zero attached hydrogens (tertiary/aromatic N) is 1. The average Bonchev–Trinajstić information content (AvgIpc) is 2.88. The first kappa shape index (κ1) is 10.5. The van der Waals surface area contributed by atoms with E-state index < -0.39 is 5.97 Å². The smallest absolute Gasteiger partial charge is 0.304 e. The normalized spacial score (nSPS) is 16.5. The summed E-state index contributed by atoms with van der Waals surface area (Å²) in [5, 5.41) is 8.52. The zero-order chi connectivity index (χ0) is 9.68. The second kappa shape index (κ2) is 5.22. The molecule has 0 heterocycles. The Morgan fingerprint density at radius 2 is 2.15 bits per heavy atom. The molecule has 0 bridgehead atoms. The number of hydrogen-bond acceptors (Lipinski definition) is 2. The molecule has 0 amide bonds. The van der Waals surface area contributed by atoms with Gasteiger partial charge in [-0.3, -0.25) is 4.79 Å². The summed E-state index contributed by atoms with van der Waals surface area (Å²) in [6.45, 7) is 4.85. The second-order valence-electron chi connectivity index (χ2n) is 3.81. The maximum absolute atomic E-state index is 10.3. The van der Waals surface area contributed by atoms with E-state index in [1.165, 1.54) is 19.3 Å². The van der Waals surface area contributed by atoms with Crippen LogP contribution in [-0.2, 0) is 4.79 Å². The molecular weight excluding hydrogens is 166 g/mol. The largest absolute Gasteiger partial charge is 0.481 e. The van der Waals surface area contributed by atoms with Crippen LogP contribution >= 0.6 is 0 Å². The molecule has 0 saturated heterocycles. The summed E-state index contributed by atoms with van der Waals surface area (Å²) in [6, 6.07) is 0. The SMILES string of the molecule is CCN(CCC(=O)O)CCC1CC1. The standard InChI is InChI=1S/C10H19NO2/c1-2-11(8-6-10(12)13)7-5-9-3-4-9/h9H,2-8H2,1H3,(H,12,13). The van der Waals surface area contributed by atoms with E-state index in [-0.39, 0.29) is 6.42 Å². The summed E-state index contributed by atoms with van der Waals surface area (Å²) in [7, 11) is 0. The Balaban J connectivity index is 2.05. The van der Waals surface area contributed by atoms with Crippen molar-refractivity contribution in [2.75, 3.05) is 19.6 Å². The van der Waals surface area contributed by atoms with Crippen molar-refractivity contribution in [2.24, 2.45) is 5.92 Å². The third kappa shape index (κ3) is 4.88. The Morgan fingerprint density at radius 3 is 2.62 bits per heavy atom. The van der Waals surface area contributed by atoms with Crippen LogP contribution in [0.15, 0.2) is 0 Å². The van der Waals surface area contributed by atoms with Crippen molar-refractivity contribution in [3.8, 4) is 0 Å². The number of carbonyl (C=O) groups is 1. The molecule has 0 aromatic rings. The molecule has 0 aromatic heterocycles. The lowest BCUT2D eigenvalue weighted by Gasteiger charge is -2.18. The van der Waals surface area contributed by atoms with Gasteiger partial charge in [0.25, 0.3) is 0 Å². The molecule has 3 nitrogen and oxygen atoms in total. The molecule has 0 atom stereocenters. The molecule has 0 spiro atoms. The van der Waals surface area contributed by atoms with Crippen LogP contribution in [0.1, 0.15) is 32.6 Å². The van der Waals surface area contributed by atoms with E-state index in [1.54, 1.807) is 0 Å². The van der Waals surface area contributed by atoms with Crippen molar-refractivity contribution in [1.29, 1.82) is 0 Å². The Morgan fingerprint density at radius 1 is 1.46 bits per heavy atom. The molecule has 1 rings (SSSR count). The predicted molar refractivity (Wildman–Crippen MR) is 51.7 cm³/mol. The summed E-state index contributed by atoms with van der Waals surface area (Å²) in [4.78, 5) is 12.6. The maximum atomic E-state index is 10.3. The van der Waals surface area contributed by atoms with Gasteiger partial charge in [0.1, 0.15) is 0 Å². The van der Waals surface area contributed by atoms with Gasteiger partial charge in [-0.15, -0.1) is 0 Å². The molecule has 3 heteroatoms. The van der Waals surface area contributed by atoms with Gasteiger partial charge in [0.15, 0.2) is 0 Å². The van der Waals surface area contributed by atoms with Crippen molar-refractivity contribution >= 4 is 5.97 Å². The van der Waals surface area contributed by atoms with E-state index in [4.69, 9.17) is 5.11 Å². The van der Waals surface area contributed by atoms with Gasteiger partial charge >= 0.3 is 5.97 Å². The van der Waals surface area contributed by atoms with Crippen molar-refractivity contribution < 1.29 is 9.90 Å². The molecule has 0 aliphatic heterocycles. The summed E-state index contributed by atoms with van der Waals surface area (Å²) in [5.74, 6) is 0.253. The molecular formula is C10H19NO2. The van der Waals surface area contributed by atoms with Gasteiger partial charge in [0, 0.05) is 6.54 Å². The fourth-order valence-corrected chi connectivity index (χ4v) is 1.45. The topological polar surface area (TPSA) is 40.5 Å². The minimum atomic E-state index is -0.690. The minimum Gasteiger partial charge on any atom is -0.481 e. The Bertz CT molecular complexity index is 166. The Kier molecular flexibility index (Phi) is 4.22. The van der Waals surface area contributed by atoms with E-state index >= 15 is 0 Å². The van der Waals surface area contributed by atoms with E-state index in [1.807, 2.05) is 0 Å². The minimum absolute atomic E-state index is 0.276. The lowest BCUT2D eigenvalue weighted by atomic mass is 10.2. The monoisotopic (exact) mass is 185 g/mol. The third-order valence-corrected chi connectivity index (χ3v) is 2.64. The van der Waals surface area contributed by atoms with Gasteiger partial charge in [-0.2, -0.15) is 0 Å². The number of carboxylic acid groups (broad SMARTS) is 1. The van der Waals surface area contributed by atoms with Crippen LogP contribution in [0.2, 0.25) is 0 Å². The van der Waals surface area contributed by atoms with Gasteiger partial charge in [0.2, 0.25) is 0 Å². The average molecular weight is 185 g/mol. The third-order valence-electron chi connectivity index (χ3n) is 2.64. The zero-order valence-corrected chi connectivity index (χ0v) is 8.33. The van der Waals surface area contributed by atoms with Crippen molar-refractivity contribution in [3.63, 3.8) is 0 Å². The van der Waals surface area contributed by atoms with E-state index in [9.17, 15) is 4.79 Å². The van der Waals surface area contributed by atoms with Gasteiger partial charge in [0.05, 0.1) is 6.42 Å². The predicted octanol–water partition coefficient (Wildman–Crippen LogP) is 1.58. The highest BCUT2D eigenvalue weighted by molar-refractivity contribution is 5.66. The fraction of sp³-hybridized carbons (Fsp3) is 0.900. The first-order valence-corrected chi connectivity index (χ1v) is 5.16. The first-order chi connectivity index (χ1) is 6.22. The Hall–Kier alpha value is -0.570. The lowest BCUT2D eigenvalue weighted by molar-refractivity contribution is -0.137. The fourth-order valence-electron chi connectivity index (χ4n) is 1.45. The van der Waals surface area contributed by atoms with Crippen LogP contribution in [0, 0.1) is 5.92 Å². The molecule has 1 N–H and O–H groups in total. The van der Waals surface area contributed by atoms with Crippen LogP contribution in [0.3, 0.4) is 0 Å². The van der Waals surface area contributed by atoms with E-state index in [0.717, 1.165) is 19.0 Å². The molecule has 13 heavy (non-hydrogen) atoms. The van der Waals surface area contributed by atoms with Gasteiger partial charge in [-0.25, -0.2) is 0 Å². The molecule has 1 saturated carbocycles. The summed E-state index contributed by atoms with van der Waals surface area (Å²) in [6.07, 6.45) is 4.30. The van der Waals surface area contributed by atoms with Crippen LogP contribution in [0.25, 0.3) is 0 Å². The quantitative estimate of drug-likeness (QED) is 0.654. The zero-order valence-electron chi connectivity index (χ0n) is 8.33. The van der Waals surface area contributed by atoms with E-state index in [2.05, 4.69) is 11.8 Å². The Labute approximate surface area is 79.7 Å². The number of aliphatic carboxylic acids is 1. The number of hydrogen-bond donors (Lipinski definition) is 1. The van der Waals surface area contributed by atoms with Gasteiger partial charge < -0.3 is 10.0 Å². The molecule has 0 unspecified atom stereocenters. The molecule has 1 aliphatic carbocycles. The number of carboxylic acids is 1. The molecule has 1 aliphatic rings. The molecule has 0 radical (unpaired) electrons. The molecule has 0 aromatic carbocycles.